The summed E-state index contributed by atoms with van der Waals surface area (Å²) in [5.74, 6) is 1.09. The minimum atomic E-state index is -0.472. The Labute approximate surface area is 146 Å². The molecule has 0 amide bonds. The Hall–Kier alpha value is -3.08. The fourth-order valence-corrected chi connectivity index (χ4v) is 2.40. The molecule has 1 aliphatic rings. The van der Waals surface area contributed by atoms with Gasteiger partial charge in [-0.15, -0.1) is 0 Å². The minimum Gasteiger partial charge on any atom is -0.493 e. The quantitative estimate of drug-likeness (QED) is 0.615. The molecule has 25 heavy (non-hydrogen) atoms. The molecule has 0 fully saturated rings. The van der Waals surface area contributed by atoms with Gasteiger partial charge in [0.2, 0.25) is 5.90 Å². The van der Waals surface area contributed by atoms with Crippen molar-refractivity contribution in [1.29, 1.82) is 0 Å². The molecule has 0 bridgehead atoms. The predicted octanol–water partition coefficient (Wildman–Crippen LogP) is 3.83. The van der Waals surface area contributed by atoms with E-state index < -0.39 is 5.97 Å². The molecule has 2 aromatic carbocycles. The summed E-state index contributed by atoms with van der Waals surface area (Å²) in [6, 6.07) is 14.8. The molecule has 0 saturated heterocycles. The first-order chi connectivity index (χ1) is 12.1. The van der Waals surface area contributed by atoms with Gasteiger partial charge < -0.3 is 14.2 Å². The number of esters is 1. The number of methoxy groups -OCH3 is 1. The Morgan fingerprint density at radius 3 is 2.52 bits per heavy atom. The first-order valence-corrected chi connectivity index (χ1v) is 7.99. The van der Waals surface area contributed by atoms with Crippen LogP contribution in [0.15, 0.2) is 59.2 Å². The van der Waals surface area contributed by atoms with Gasteiger partial charge in [0.1, 0.15) is 0 Å². The van der Waals surface area contributed by atoms with Gasteiger partial charge in [0.05, 0.1) is 13.2 Å². The third-order valence-electron chi connectivity index (χ3n) is 3.49. The Bertz CT molecular complexity index is 838. The van der Waals surface area contributed by atoms with Crippen molar-refractivity contribution in [3.63, 3.8) is 0 Å². The van der Waals surface area contributed by atoms with E-state index in [9.17, 15) is 4.79 Å². The number of rotatable bonds is 5. The topological polar surface area (TPSA) is 57.1 Å². The Morgan fingerprint density at radius 1 is 1.08 bits per heavy atom. The second-order valence-corrected chi connectivity index (χ2v) is 5.78. The van der Waals surface area contributed by atoms with Crippen molar-refractivity contribution in [2.45, 2.75) is 20.0 Å². The van der Waals surface area contributed by atoms with Gasteiger partial charge in [0.25, 0.3) is 0 Å². The molecule has 0 saturated carbocycles. The molecule has 5 heteroatoms. The summed E-state index contributed by atoms with van der Waals surface area (Å²) in [6.07, 6.45) is 1.71. The molecule has 3 rings (SSSR count). The molecular weight excluding hydrogens is 318 g/mol. The predicted molar refractivity (Wildman–Crippen MR) is 95.8 cm³/mol. The summed E-state index contributed by atoms with van der Waals surface area (Å²) >= 11 is 0. The van der Waals surface area contributed by atoms with Gasteiger partial charge in [0, 0.05) is 5.56 Å². The molecule has 1 heterocycles. The molecule has 0 radical (unpaired) electrons. The van der Waals surface area contributed by atoms with Gasteiger partial charge in [-0.2, -0.15) is 0 Å². The number of hydrogen-bond donors (Lipinski definition) is 0. The molecule has 0 aliphatic carbocycles. The van der Waals surface area contributed by atoms with Crippen molar-refractivity contribution in [2.24, 2.45) is 4.99 Å². The first kappa shape index (κ1) is 16.8. The van der Waals surface area contributed by atoms with Crippen molar-refractivity contribution < 1.29 is 19.0 Å². The van der Waals surface area contributed by atoms with Crippen LogP contribution in [0, 0.1) is 0 Å². The number of carbonyl (C=O) groups excluding carboxylic acids is 1. The van der Waals surface area contributed by atoms with E-state index in [1.54, 1.807) is 19.3 Å². The zero-order valence-corrected chi connectivity index (χ0v) is 14.4. The maximum atomic E-state index is 12.1. The lowest BCUT2D eigenvalue weighted by molar-refractivity contribution is -0.129. The van der Waals surface area contributed by atoms with Crippen LogP contribution in [0.2, 0.25) is 0 Å². The number of hydrogen-bond acceptors (Lipinski definition) is 5. The summed E-state index contributed by atoms with van der Waals surface area (Å²) in [5.41, 5.74) is 1.79. The third-order valence-corrected chi connectivity index (χ3v) is 3.49. The molecule has 0 unspecified atom stereocenters. The first-order valence-electron chi connectivity index (χ1n) is 7.99. The van der Waals surface area contributed by atoms with Gasteiger partial charge in [-0.25, -0.2) is 9.79 Å². The van der Waals surface area contributed by atoms with Crippen LogP contribution in [0.5, 0.6) is 11.5 Å². The highest BCUT2D eigenvalue weighted by Crippen LogP contribution is 2.30. The van der Waals surface area contributed by atoms with Crippen molar-refractivity contribution >= 4 is 17.9 Å². The summed E-state index contributed by atoms with van der Waals surface area (Å²) in [6.45, 7) is 3.90. The number of carbonyl (C=O) groups is 1. The van der Waals surface area contributed by atoms with Crippen molar-refractivity contribution in [3.8, 4) is 11.5 Å². The van der Waals surface area contributed by atoms with Gasteiger partial charge in [-0.1, -0.05) is 24.3 Å². The molecule has 5 nitrogen and oxygen atoms in total. The van der Waals surface area contributed by atoms with E-state index in [-0.39, 0.29) is 11.8 Å². The average Bonchev–Trinajstić information content (AvgIpc) is 2.97. The van der Waals surface area contributed by atoms with Crippen LogP contribution >= 0.6 is 0 Å². The van der Waals surface area contributed by atoms with E-state index in [2.05, 4.69) is 4.99 Å². The molecular formula is C20H19NO4. The largest absolute Gasteiger partial charge is 0.493 e. The Balaban J connectivity index is 1.89. The molecule has 2 aromatic rings. The Kier molecular flexibility index (Phi) is 4.84. The monoisotopic (exact) mass is 337 g/mol. The summed E-state index contributed by atoms with van der Waals surface area (Å²) in [7, 11) is 1.58. The average molecular weight is 337 g/mol. The number of benzene rings is 2. The number of aliphatic imine (C=N–C) groups is 1. The lowest BCUT2D eigenvalue weighted by Gasteiger charge is -2.13. The van der Waals surface area contributed by atoms with Crippen LogP contribution in [0.25, 0.3) is 6.08 Å². The summed E-state index contributed by atoms with van der Waals surface area (Å²) in [4.78, 5) is 16.4. The molecule has 0 N–H and O–H groups in total. The van der Waals surface area contributed by atoms with Crippen molar-refractivity contribution in [3.05, 3.63) is 65.4 Å². The second kappa shape index (κ2) is 7.21. The molecule has 1 aliphatic heterocycles. The van der Waals surface area contributed by atoms with E-state index in [0.29, 0.717) is 17.4 Å². The smallest absolute Gasteiger partial charge is 0.363 e. The number of nitrogens with zero attached hydrogens (tertiary/aromatic N) is 1. The SMILES string of the molecule is COc1cc(/C=C2\N=C(c3ccccc3)OC2=O)ccc1OC(C)C. The lowest BCUT2D eigenvalue weighted by Crippen LogP contribution is -2.06. The van der Waals surface area contributed by atoms with Gasteiger partial charge >= 0.3 is 5.97 Å². The minimum absolute atomic E-state index is 0.0425. The van der Waals surface area contributed by atoms with Crippen LogP contribution in [-0.2, 0) is 9.53 Å². The maximum Gasteiger partial charge on any atom is 0.363 e. The third kappa shape index (κ3) is 3.88. The number of ether oxygens (including phenoxy) is 3. The lowest BCUT2D eigenvalue weighted by atomic mass is 10.1. The van der Waals surface area contributed by atoms with Gasteiger partial charge in [-0.3, -0.25) is 0 Å². The van der Waals surface area contributed by atoms with Crippen LogP contribution in [-0.4, -0.2) is 25.1 Å². The number of cyclic esters (lactones) is 1. The van der Waals surface area contributed by atoms with Crippen LogP contribution < -0.4 is 9.47 Å². The zero-order chi connectivity index (χ0) is 17.8. The summed E-state index contributed by atoms with van der Waals surface area (Å²) in [5, 5.41) is 0. The van der Waals surface area contributed by atoms with Crippen LogP contribution in [0.1, 0.15) is 25.0 Å². The zero-order valence-electron chi connectivity index (χ0n) is 14.4. The van der Waals surface area contributed by atoms with Crippen molar-refractivity contribution in [2.75, 3.05) is 7.11 Å². The highest BCUT2D eigenvalue weighted by Gasteiger charge is 2.24. The summed E-state index contributed by atoms with van der Waals surface area (Å²) < 4.78 is 16.3. The second-order valence-electron chi connectivity index (χ2n) is 5.78. The highest BCUT2D eigenvalue weighted by atomic mass is 16.6. The standard InChI is InChI=1S/C20H19NO4/c1-13(2)24-17-10-9-14(12-18(17)23-3)11-16-20(22)25-19(21-16)15-7-5-4-6-8-15/h4-13H,1-3H3/b16-11-. The van der Waals surface area contributed by atoms with E-state index >= 15 is 0 Å². The van der Waals surface area contributed by atoms with E-state index in [1.165, 1.54) is 0 Å². The van der Waals surface area contributed by atoms with E-state index in [1.807, 2.05) is 56.3 Å². The Morgan fingerprint density at radius 2 is 1.84 bits per heavy atom. The van der Waals surface area contributed by atoms with Gasteiger partial charge in [-0.05, 0) is 49.8 Å². The van der Waals surface area contributed by atoms with Crippen molar-refractivity contribution in [1.82, 2.24) is 0 Å². The fourth-order valence-electron chi connectivity index (χ4n) is 2.40. The van der Waals surface area contributed by atoms with Crippen LogP contribution in [0.4, 0.5) is 0 Å². The van der Waals surface area contributed by atoms with Gasteiger partial charge in [0.15, 0.2) is 17.2 Å². The normalized spacial score (nSPS) is 15.3. The molecule has 128 valence electrons. The van der Waals surface area contributed by atoms with E-state index in [0.717, 1.165) is 11.1 Å². The highest BCUT2D eigenvalue weighted by molar-refractivity contribution is 6.12. The molecule has 0 atom stereocenters. The fraction of sp³-hybridized carbons (Fsp3) is 0.200. The molecule has 0 aromatic heterocycles. The van der Waals surface area contributed by atoms with Crippen LogP contribution in [0.3, 0.4) is 0 Å². The maximum absolute atomic E-state index is 12.1. The van der Waals surface area contributed by atoms with E-state index in [4.69, 9.17) is 14.2 Å². The molecule has 0 spiro atoms.